The van der Waals surface area contributed by atoms with Crippen molar-refractivity contribution in [2.75, 3.05) is 0 Å². The average Bonchev–Trinajstić information content (AvgIpc) is 3.19. The number of primary amides is 1. The minimum absolute atomic E-state index is 0.153. The number of hydrogen-bond acceptors (Lipinski definition) is 5. The summed E-state index contributed by atoms with van der Waals surface area (Å²) in [4.78, 5) is 21.5. The number of carbonyl (C=O) groups excluding carboxylic acids is 1. The molecular weight excluding hydrogens is 346 g/mol. The molecule has 0 unspecified atom stereocenters. The Labute approximate surface area is 145 Å². The predicted octanol–water partition coefficient (Wildman–Crippen LogP) is 2.23. The first-order chi connectivity index (χ1) is 12.5. The lowest BCUT2D eigenvalue weighted by Crippen LogP contribution is -2.10. The minimum Gasteiger partial charge on any atom is -0.435 e. The van der Waals surface area contributed by atoms with Crippen LogP contribution in [-0.4, -0.2) is 37.3 Å². The molecule has 3 aromatic heterocycles. The van der Waals surface area contributed by atoms with Crippen LogP contribution in [0.25, 0.3) is 22.1 Å². The minimum atomic E-state index is -2.79. The van der Waals surface area contributed by atoms with Gasteiger partial charge in [-0.25, -0.2) is 4.98 Å². The third-order valence-corrected chi connectivity index (χ3v) is 3.51. The number of alkyl halides is 2. The smallest absolute Gasteiger partial charge is 0.387 e. The number of amides is 1. The van der Waals surface area contributed by atoms with Crippen LogP contribution in [0.2, 0.25) is 0 Å². The molecule has 0 saturated heterocycles. The van der Waals surface area contributed by atoms with Gasteiger partial charge in [0.15, 0.2) is 5.65 Å². The van der Waals surface area contributed by atoms with Gasteiger partial charge in [-0.2, -0.15) is 13.9 Å². The fourth-order valence-corrected chi connectivity index (χ4v) is 2.36. The van der Waals surface area contributed by atoms with E-state index < -0.39 is 12.5 Å². The molecule has 0 spiro atoms. The summed E-state index contributed by atoms with van der Waals surface area (Å²) in [6, 6.07) is 4.73. The zero-order valence-corrected chi connectivity index (χ0v) is 13.6. The number of nitrogens with one attached hydrogen (secondary N) is 1. The number of nitrogens with zero attached hydrogens (tertiary/aromatic N) is 4. The molecule has 0 saturated carbocycles. The standard InChI is InChI=1S/C9H8F2N2O.C7H6N4O/c1-13-8-3-2-7(14-9(10)11)4-6(8)5-12-13;8-6(12)4-3-11-7-5(4)9-1-2-10-7/h2-5,9H,1H3;1-3H,(H2,8,12)(H,10,11). The van der Waals surface area contributed by atoms with Crippen LogP contribution in [0.4, 0.5) is 8.78 Å². The lowest BCUT2D eigenvalue weighted by molar-refractivity contribution is -0.0497. The number of aromatic amines is 1. The maximum absolute atomic E-state index is 11.9. The molecule has 3 heterocycles. The Balaban J connectivity index is 0.000000152. The fraction of sp³-hybridized carbons (Fsp3) is 0.125. The van der Waals surface area contributed by atoms with Gasteiger partial charge in [0.1, 0.15) is 11.3 Å². The summed E-state index contributed by atoms with van der Waals surface area (Å²) < 4.78 is 29.7. The van der Waals surface area contributed by atoms with E-state index in [0.29, 0.717) is 16.7 Å². The molecule has 3 N–H and O–H groups in total. The lowest BCUT2D eigenvalue weighted by Gasteiger charge is -2.03. The SMILES string of the molecule is Cn1ncc2cc(OC(F)F)ccc21.NC(=O)c1c[nH]c2nccnc12. The van der Waals surface area contributed by atoms with Crippen molar-refractivity contribution < 1.29 is 18.3 Å². The second-order valence-electron chi connectivity index (χ2n) is 5.19. The zero-order valence-electron chi connectivity index (χ0n) is 13.6. The summed E-state index contributed by atoms with van der Waals surface area (Å²) >= 11 is 0. The van der Waals surface area contributed by atoms with E-state index in [2.05, 4.69) is 24.8 Å². The number of carbonyl (C=O) groups is 1. The Morgan fingerprint density at radius 3 is 2.81 bits per heavy atom. The quantitative estimate of drug-likeness (QED) is 0.582. The molecule has 1 amide bonds. The number of halogens is 2. The van der Waals surface area contributed by atoms with Crippen LogP contribution in [-0.2, 0) is 7.05 Å². The molecule has 1 aromatic carbocycles. The third-order valence-electron chi connectivity index (χ3n) is 3.51. The van der Waals surface area contributed by atoms with Crippen molar-refractivity contribution in [1.29, 1.82) is 0 Å². The Bertz CT molecular complexity index is 1060. The van der Waals surface area contributed by atoms with Crippen molar-refractivity contribution in [2.24, 2.45) is 12.8 Å². The number of ether oxygens (including phenoxy) is 1. The zero-order chi connectivity index (χ0) is 18.7. The van der Waals surface area contributed by atoms with Crippen LogP contribution in [0.1, 0.15) is 10.4 Å². The van der Waals surface area contributed by atoms with Gasteiger partial charge in [0.2, 0.25) is 0 Å². The van der Waals surface area contributed by atoms with E-state index in [1.165, 1.54) is 24.5 Å². The van der Waals surface area contributed by atoms with E-state index in [1.807, 2.05) is 0 Å². The number of nitrogens with two attached hydrogens (primary N) is 1. The summed E-state index contributed by atoms with van der Waals surface area (Å²) in [6.07, 6.45) is 6.17. The molecule has 0 radical (unpaired) electrons. The first-order valence-electron chi connectivity index (χ1n) is 7.40. The summed E-state index contributed by atoms with van der Waals surface area (Å²) in [5.41, 5.74) is 7.45. The van der Waals surface area contributed by atoms with E-state index >= 15 is 0 Å². The van der Waals surface area contributed by atoms with Gasteiger partial charge in [-0.1, -0.05) is 0 Å². The third kappa shape index (κ3) is 3.58. The van der Waals surface area contributed by atoms with Crippen molar-refractivity contribution in [2.45, 2.75) is 6.61 Å². The normalized spacial score (nSPS) is 10.8. The van der Waals surface area contributed by atoms with Crippen LogP contribution in [0.15, 0.2) is 43.0 Å². The Kier molecular flexibility index (Phi) is 4.74. The van der Waals surface area contributed by atoms with Crippen molar-refractivity contribution in [3.8, 4) is 5.75 Å². The molecule has 0 atom stereocenters. The van der Waals surface area contributed by atoms with Crippen LogP contribution in [0.5, 0.6) is 5.75 Å². The highest BCUT2D eigenvalue weighted by Crippen LogP contribution is 2.21. The highest BCUT2D eigenvalue weighted by atomic mass is 19.3. The number of benzene rings is 1. The summed E-state index contributed by atoms with van der Waals surface area (Å²) in [5, 5.41) is 4.77. The Morgan fingerprint density at radius 2 is 2.08 bits per heavy atom. The maximum atomic E-state index is 11.9. The Hall–Kier alpha value is -3.56. The van der Waals surface area contributed by atoms with Gasteiger partial charge in [-0.3, -0.25) is 14.5 Å². The largest absolute Gasteiger partial charge is 0.435 e. The number of aryl methyl sites for hydroxylation is 1. The van der Waals surface area contributed by atoms with Gasteiger partial charge in [-0.15, -0.1) is 0 Å². The topological polar surface area (TPSA) is 112 Å². The summed E-state index contributed by atoms with van der Waals surface area (Å²) in [6.45, 7) is -2.79. The van der Waals surface area contributed by atoms with Crippen LogP contribution in [0, 0.1) is 0 Å². The molecule has 26 heavy (non-hydrogen) atoms. The molecule has 8 nitrogen and oxygen atoms in total. The highest BCUT2D eigenvalue weighted by molar-refractivity contribution is 6.03. The average molecular weight is 360 g/mol. The van der Waals surface area contributed by atoms with Gasteiger partial charge in [0.25, 0.3) is 5.91 Å². The molecule has 0 aliphatic heterocycles. The second-order valence-corrected chi connectivity index (χ2v) is 5.19. The van der Waals surface area contributed by atoms with Crippen LogP contribution >= 0.6 is 0 Å². The summed E-state index contributed by atoms with van der Waals surface area (Å²) in [5.74, 6) is -0.345. The van der Waals surface area contributed by atoms with E-state index in [1.54, 1.807) is 30.2 Å². The van der Waals surface area contributed by atoms with Crippen molar-refractivity contribution in [3.05, 3.63) is 48.5 Å². The molecule has 0 bridgehead atoms. The van der Waals surface area contributed by atoms with Crippen molar-refractivity contribution in [3.63, 3.8) is 0 Å². The molecule has 4 rings (SSSR count). The second kappa shape index (κ2) is 7.13. The van der Waals surface area contributed by atoms with Crippen molar-refractivity contribution in [1.82, 2.24) is 24.7 Å². The number of fused-ring (bicyclic) bond motifs is 2. The molecule has 10 heteroatoms. The first kappa shape index (κ1) is 17.3. The lowest BCUT2D eigenvalue weighted by atomic mass is 10.2. The van der Waals surface area contributed by atoms with Crippen molar-refractivity contribution >= 4 is 28.0 Å². The molecule has 4 aromatic rings. The van der Waals surface area contributed by atoms with Gasteiger partial charge in [0, 0.05) is 31.0 Å². The first-order valence-corrected chi connectivity index (χ1v) is 7.40. The highest BCUT2D eigenvalue weighted by Gasteiger charge is 2.09. The van der Waals surface area contributed by atoms with Crippen LogP contribution in [0.3, 0.4) is 0 Å². The van der Waals surface area contributed by atoms with Gasteiger partial charge in [-0.05, 0) is 18.2 Å². The van der Waals surface area contributed by atoms with E-state index in [-0.39, 0.29) is 5.75 Å². The monoisotopic (exact) mass is 360 g/mol. The number of hydrogen-bond donors (Lipinski definition) is 2. The van der Waals surface area contributed by atoms with E-state index in [9.17, 15) is 13.6 Å². The van der Waals surface area contributed by atoms with Gasteiger partial charge < -0.3 is 15.5 Å². The van der Waals surface area contributed by atoms with E-state index in [4.69, 9.17) is 5.73 Å². The number of aromatic nitrogens is 5. The molecule has 0 aliphatic rings. The van der Waals surface area contributed by atoms with Crippen LogP contribution < -0.4 is 10.5 Å². The van der Waals surface area contributed by atoms with Gasteiger partial charge in [0.05, 0.1) is 17.3 Å². The predicted molar refractivity (Wildman–Crippen MR) is 89.8 cm³/mol. The molecule has 134 valence electrons. The molecular formula is C16H14F2N6O2. The Morgan fingerprint density at radius 1 is 1.31 bits per heavy atom. The fourth-order valence-electron chi connectivity index (χ4n) is 2.36. The summed E-state index contributed by atoms with van der Waals surface area (Å²) in [7, 11) is 1.79. The number of rotatable bonds is 3. The molecule has 0 fully saturated rings. The van der Waals surface area contributed by atoms with Gasteiger partial charge >= 0.3 is 6.61 Å². The number of H-pyrrole nitrogens is 1. The van der Waals surface area contributed by atoms with E-state index in [0.717, 1.165) is 10.9 Å². The molecule has 0 aliphatic carbocycles. The maximum Gasteiger partial charge on any atom is 0.387 e.